The molecule has 0 saturated carbocycles. The fourth-order valence-corrected chi connectivity index (χ4v) is 4.53. The zero-order valence-electron chi connectivity index (χ0n) is 11.9. The van der Waals surface area contributed by atoms with Crippen LogP contribution in [0.2, 0.25) is 0 Å². The van der Waals surface area contributed by atoms with Gasteiger partial charge in [-0.05, 0) is 80.4 Å². The van der Waals surface area contributed by atoms with Crippen LogP contribution in [-0.4, -0.2) is 16.0 Å². The van der Waals surface area contributed by atoms with E-state index in [-0.39, 0.29) is 17.3 Å². The summed E-state index contributed by atoms with van der Waals surface area (Å²) in [7, 11) is 0. The third-order valence-electron chi connectivity index (χ3n) is 2.97. The molecule has 24 heavy (non-hydrogen) atoms. The summed E-state index contributed by atoms with van der Waals surface area (Å²) in [5.74, 6) is -0.173. The first-order valence-electron chi connectivity index (χ1n) is 6.54. The van der Waals surface area contributed by atoms with E-state index < -0.39 is 0 Å². The quantitative estimate of drug-likeness (QED) is 0.409. The van der Waals surface area contributed by atoms with Crippen molar-refractivity contribution in [3.05, 3.63) is 65.4 Å². The molecule has 0 unspecified atom stereocenters. The van der Waals surface area contributed by atoms with Crippen LogP contribution in [0.4, 0.5) is 0 Å². The van der Waals surface area contributed by atoms with E-state index in [1.54, 1.807) is 24.3 Å². The Balaban J connectivity index is 2.20. The van der Waals surface area contributed by atoms with Crippen LogP contribution < -0.4 is 0 Å². The third kappa shape index (κ3) is 5.05. The molecule has 2 aromatic carbocycles. The highest BCUT2D eigenvalue weighted by Gasteiger charge is 2.07. The Morgan fingerprint density at radius 2 is 1.12 bits per heavy atom. The maximum Gasteiger partial charge on any atom is 0.178 e. The second-order valence-corrected chi connectivity index (χ2v) is 8.25. The van der Waals surface area contributed by atoms with E-state index in [9.17, 15) is 15.0 Å². The van der Waals surface area contributed by atoms with Crippen LogP contribution in [0.25, 0.3) is 12.2 Å². The van der Waals surface area contributed by atoms with E-state index in [0.717, 1.165) is 8.95 Å². The Morgan fingerprint density at radius 3 is 1.46 bits per heavy atom. The zero-order chi connectivity index (χ0) is 17.9. The van der Waals surface area contributed by atoms with Crippen LogP contribution in [0.3, 0.4) is 0 Å². The van der Waals surface area contributed by atoms with Crippen molar-refractivity contribution < 1.29 is 15.0 Å². The van der Waals surface area contributed by atoms with Gasteiger partial charge < -0.3 is 10.2 Å². The van der Waals surface area contributed by atoms with Crippen molar-refractivity contribution in [1.82, 2.24) is 0 Å². The lowest BCUT2D eigenvalue weighted by molar-refractivity contribution is -0.110. The normalized spacial score (nSPS) is 11.5. The van der Waals surface area contributed by atoms with Gasteiger partial charge in [-0.25, -0.2) is 0 Å². The summed E-state index contributed by atoms with van der Waals surface area (Å²) in [5, 5.41) is 19.8. The summed E-state index contributed by atoms with van der Waals surface area (Å²) in [6, 6.07) is 6.64. The minimum Gasteiger partial charge on any atom is -0.507 e. The molecule has 7 heteroatoms. The first kappa shape index (κ1) is 19.4. The van der Waals surface area contributed by atoms with Crippen molar-refractivity contribution >= 4 is 81.7 Å². The van der Waals surface area contributed by atoms with Gasteiger partial charge in [0.2, 0.25) is 0 Å². The van der Waals surface area contributed by atoms with Crippen LogP contribution in [-0.2, 0) is 4.79 Å². The number of halogens is 4. The van der Waals surface area contributed by atoms with Gasteiger partial charge in [-0.3, -0.25) is 4.79 Å². The number of hydrogen-bond donors (Lipinski definition) is 2. The summed E-state index contributed by atoms with van der Waals surface area (Å²) in [6.45, 7) is 0. The van der Waals surface area contributed by atoms with Crippen LogP contribution in [0.15, 0.2) is 54.3 Å². The molecule has 0 fully saturated rings. The van der Waals surface area contributed by atoms with Crippen LogP contribution >= 0.6 is 63.7 Å². The molecule has 0 aliphatic rings. The number of benzene rings is 2. The predicted octanol–water partition coefficient (Wildman–Crippen LogP) is 6.44. The average Bonchev–Trinajstić information content (AvgIpc) is 2.44. The maximum absolute atomic E-state index is 12.0. The minimum absolute atomic E-state index is 0.0533. The molecule has 0 heterocycles. The fraction of sp³-hybridized carbons (Fsp3) is 0. The number of ketones is 1. The number of phenolic OH excluding ortho intramolecular Hbond substituents is 2. The zero-order valence-corrected chi connectivity index (χ0v) is 18.3. The molecular weight excluding hydrogens is 572 g/mol. The standard InChI is InChI=1S/C17H10Br4O3/c18-9-5-14(20)12(16(23)7-9)3-1-11(22)2-4-13-15(21)6-10(19)8-17(13)24/h1-8,23-24H/b3-1+,4-2+. The Bertz CT molecular complexity index is 741. The summed E-state index contributed by atoms with van der Waals surface area (Å²) >= 11 is 13.2. The molecule has 0 saturated heterocycles. The van der Waals surface area contributed by atoms with Gasteiger partial charge in [0, 0.05) is 29.0 Å². The molecule has 2 rings (SSSR count). The Labute approximate surface area is 172 Å². The molecule has 0 bridgehead atoms. The highest BCUT2D eigenvalue weighted by atomic mass is 79.9. The van der Waals surface area contributed by atoms with Crippen molar-refractivity contribution in [3.8, 4) is 11.5 Å². The van der Waals surface area contributed by atoms with Crippen molar-refractivity contribution in [2.24, 2.45) is 0 Å². The first-order valence-corrected chi connectivity index (χ1v) is 9.71. The summed E-state index contributed by atoms with van der Waals surface area (Å²) in [5.41, 5.74) is 1.01. The van der Waals surface area contributed by atoms with Gasteiger partial charge in [-0.15, -0.1) is 0 Å². The SMILES string of the molecule is O=C(/C=C/c1c(O)cc(Br)cc1Br)/C=C/c1c(O)cc(Br)cc1Br. The molecule has 0 aliphatic heterocycles. The number of allylic oxidation sites excluding steroid dienone is 2. The summed E-state index contributed by atoms with van der Waals surface area (Å²) in [4.78, 5) is 12.0. The molecule has 2 aromatic rings. The Morgan fingerprint density at radius 1 is 0.750 bits per heavy atom. The van der Waals surface area contributed by atoms with E-state index in [2.05, 4.69) is 63.7 Å². The molecule has 0 aliphatic carbocycles. The van der Waals surface area contributed by atoms with Crippen molar-refractivity contribution in [2.75, 3.05) is 0 Å². The molecule has 0 amide bonds. The monoisotopic (exact) mass is 578 g/mol. The molecule has 0 spiro atoms. The molecule has 0 atom stereocenters. The van der Waals surface area contributed by atoms with Gasteiger partial charge in [-0.1, -0.05) is 31.9 Å². The van der Waals surface area contributed by atoms with Gasteiger partial charge in [0.15, 0.2) is 5.78 Å². The smallest absolute Gasteiger partial charge is 0.178 e. The van der Waals surface area contributed by atoms with E-state index in [0.29, 0.717) is 20.1 Å². The van der Waals surface area contributed by atoms with E-state index in [4.69, 9.17) is 0 Å². The lowest BCUT2D eigenvalue weighted by Gasteiger charge is -2.03. The molecular formula is C17H10Br4O3. The molecule has 124 valence electrons. The second-order valence-electron chi connectivity index (χ2n) is 4.71. The van der Waals surface area contributed by atoms with Crippen LogP contribution in [0, 0.1) is 0 Å². The van der Waals surface area contributed by atoms with Crippen molar-refractivity contribution in [1.29, 1.82) is 0 Å². The topological polar surface area (TPSA) is 57.5 Å². The first-order chi connectivity index (χ1) is 11.3. The van der Waals surface area contributed by atoms with E-state index >= 15 is 0 Å². The predicted molar refractivity (Wildman–Crippen MR) is 110 cm³/mol. The van der Waals surface area contributed by atoms with Gasteiger partial charge in [0.1, 0.15) is 11.5 Å². The van der Waals surface area contributed by atoms with Crippen LogP contribution in [0.5, 0.6) is 11.5 Å². The molecule has 0 aromatic heterocycles. The summed E-state index contributed by atoms with van der Waals surface area (Å²) in [6.07, 6.45) is 5.73. The second kappa shape index (κ2) is 8.47. The number of carbonyl (C=O) groups is 1. The molecule has 3 nitrogen and oxygen atoms in total. The lowest BCUT2D eigenvalue weighted by Crippen LogP contribution is -1.87. The summed E-state index contributed by atoms with van der Waals surface area (Å²) < 4.78 is 2.78. The highest BCUT2D eigenvalue weighted by molar-refractivity contribution is 9.11. The Kier molecular flexibility index (Phi) is 6.86. The fourth-order valence-electron chi connectivity index (χ4n) is 1.86. The van der Waals surface area contributed by atoms with Crippen molar-refractivity contribution in [2.45, 2.75) is 0 Å². The van der Waals surface area contributed by atoms with Gasteiger partial charge in [0.25, 0.3) is 0 Å². The van der Waals surface area contributed by atoms with Gasteiger partial charge in [-0.2, -0.15) is 0 Å². The number of rotatable bonds is 4. The number of carbonyl (C=O) groups excluding carboxylic acids is 1. The minimum atomic E-state index is -0.279. The third-order valence-corrected chi connectivity index (χ3v) is 5.20. The Hall–Kier alpha value is -0.890. The lowest BCUT2D eigenvalue weighted by atomic mass is 10.1. The number of aromatic hydroxyl groups is 2. The number of hydrogen-bond acceptors (Lipinski definition) is 3. The molecule has 2 N–H and O–H groups in total. The van der Waals surface area contributed by atoms with Crippen molar-refractivity contribution in [3.63, 3.8) is 0 Å². The highest BCUT2D eigenvalue weighted by Crippen LogP contribution is 2.32. The largest absolute Gasteiger partial charge is 0.507 e. The average molecular weight is 582 g/mol. The molecule has 0 radical (unpaired) electrons. The number of phenols is 2. The maximum atomic E-state index is 12.0. The van der Waals surface area contributed by atoms with Gasteiger partial charge >= 0.3 is 0 Å². The van der Waals surface area contributed by atoms with E-state index in [1.165, 1.54) is 24.3 Å². The van der Waals surface area contributed by atoms with Gasteiger partial charge in [0.05, 0.1) is 0 Å². The van der Waals surface area contributed by atoms with Crippen LogP contribution in [0.1, 0.15) is 11.1 Å². The van der Waals surface area contributed by atoms with E-state index in [1.807, 2.05) is 0 Å².